The second-order valence-corrected chi connectivity index (χ2v) is 7.62. The Labute approximate surface area is 139 Å². The van der Waals surface area contributed by atoms with E-state index in [0.717, 1.165) is 38.8 Å². The van der Waals surface area contributed by atoms with E-state index in [4.69, 9.17) is 4.74 Å². The van der Waals surface area contributed by atoms with Crippen molar-refractivity contribution in [3.05, 3.63) is 35.9 Å². The van der Waals surface area contributed by atoms with E-state index in [9.17, 15) is 0 Å². The normalized spacial score (nSPS) is 25.3. The maximum atomic E-state index is 5.63. The number of aliphatic imine (C=N–C) groups is 1. The van der Waals surface area contributed by atoms with E-state index in [1.165, 1.54) is 18.4 Å². The fourth-order valence-electron chi connectivity index (χ4n) is 3.71. The highest BCUT2D eigenvalue weighted by molar-refractivity contribution is 5.80. The third kappa shape index (κ3) is 3.52. The van der Waals surface area contributed by atoms with E-state index in [2.05, 4.69) is 59.4 Å². The van der Waals surface area contributed by atoms with Crippen LogP contribution < -0.4 is 5.32 Å². The Hall–Kier alpha value is -1.55. The first-order valence-electron chi connectivity index (χ1n) is 8.64. The first kappa shape index (κ1) is 16.3. The first-order valence-corrected chi connectivity index (χ1v) is 8.64. The van der Waals surface area contributed by atoms with Gasteiger partial charge >= 0.3 is 0 Å². The summed E-state index contributed by atoms with van der Waals surface area (Å²) in [6.45, 7) is 9.41. The molecule has 1 aromatic rings. The molecule has 0 aliphatic carbocycles. The Morgan fingerprint density at radius 3 is 2.74 bits per heavy atom. The zero-order valence-electron chi connectivity index (χ0n) is 14.6. The lowest BCUT2D eigenvalue weighted by Gasteiger charge is -2.30. The highest BCUT2D eigenvalue weighted by atomic mass is 16.5. The fourth-order valence-corrected chi connectivity index (χ4v) is 3.71. The number of likely N-dealkylation sites (tertiary alicyclic amines) is 1. The Morgan fingerprint density at radius 2 is 2.09 bits per heavy atom. The van der Waals surface area contributed by atoms with Crippen molar-refractivity contribution in [1.29, 1.82) is 0 Å². The molecule has 2 aliphatic heterocycles. The molecule has 4 heteroatoms. The Bertz CT molecular complexity index is 547. The number of benzene rings is 1. The monoisotopic (exact) mass is 315 g/mol. The maximum absolute atomic E-state index is 5.63. The SMILES string of the molecule is CN=C(NCC(C)(C)c1ccccc1)N1CCC2(CCOC2)C1. The quantitative estimate of drug-likeness (QED) is 0.688. The van der Waals surface area contributed by atoms with Crippen molar-refractivity contribution in [3.63, 3.8) is 0 Å². The third-order valence-electron chi connectivity index (χ3n) is 5.38. The molecule has 0 saturated carbocycles. The molecule has 2 aliphatic rings. The van der Waals surface area contributed by atoms with Gasteiger partial charge in [-0.05, 0) is 18.4 Å². The van der Waals surface area contributed by atoms with Gasteiger partial charge in [0.15, 0.2) is 5.96 Å². The van der Waals surface area contributed by atoms with E-state index >= 15 is 0 Å². The summed E-state index contributed by atoms with van der Waals surface area (Å²) in [6.07, 6.45) is 2.41. The maximum Gasteiger partial charge on any atom is 0.193 e. The molecule has 3 rings (SSSR count). The summed E-state index contributed by atoms with van der Waals surface area (Å²) in [7, 11) is 1.88. The summed E-state index contributed by atoms with van der Waals surface area (Å²) in [6, 6.07) is 10.7. The van der Waals surface area contributed by atoms with Crippen molar-refractivity contribution in [2.75, 3.05) is 39.9 Å². The van der Waals surface area contributed by atoms with Crippen LogP contribution in [0.15, 0.2) is 35.3 Å². The zero-order valence-corrected chi connectivity index (χ0v) is 14.6. The summed E-state index contributed by atoms with van der Waals surface area (Å²) in [5.41, 5.74) is 1.79. The summed E-state index contributed by atoms with van der Waals surface area (Å²) < 4.78 is 5.63. The van der Waals surface area contributed by atoms with Crippen LogP contribution in [0.3, 0.4) is 0 Å². The van der Waals surface area contributed by atoms with Crippen LogP contribution in [-0.2, 0) is 10.2 Å². The van der Waals surface area contributed by atoms with Crippen LogP contribution in [0.25, 0.3) is 0 Å². The molecule has 1 N–H and O–H groups in total. The van der Waals surface area contributed by atoms with Gasteiger partial charge in [0.1, 0.15) is 0 Å². The minimum atomic E-state index is 0.0745. The molecule has 1 aromatic carbocycles. The molecule has 0 aromatic heterocycles. The lowest BCUT2D eigenvalue weighted by Crippen LogP contribution is -2.45. The van der Waals surface area contributed by atoms with Crippen molar-refractivity contribution in [2.24, 2.45) is 10.4 Å². The van der Waals surface area contributed by atoms with Crippen LogP contribution in [-0.4, -0.2) is 50.8 Å². The van der Waals surface area contributed by atoms with Gasteiger partial charge in [0.25, 0.3) is 0 Å². The van der Waals surface area contributed by atoms with Crippen molar-refractivity contribution >= 4 is 5.96 Å². The highest BCUT2D eigenvalue weighted by Gasteiger charge is 2.42. The molecule has 0 amide bonds. The average molecular weight is 315 g/mol. The minimum absolute atomic E-state index is 0.0745. The van der Waals surface area contributed by atoms with Gasteiger partial charge in [-0.3, -0.25) is 4.99 Å². The topological polar surface area (TPSA) is 36.9 Å². The lowest BCUT2D eigenvalue weighted by atomic mass is 9.85. The number of hydrogen-bond acceptors (Lipinski definition) is 2. The second-order valence-electron chi connectivity index (χ2n) is 7.62. The van der Waals surface area contributed by atoms with Gasteiger partial charge in [-0.2, -0.15) is 0 Å². The Morgan fingerprint density at radius 1 is 1.30 bits per heavy atom. The van der Waals surface area contributed by atoms with Gasteiger partial charge in [-0.15, -0.1) is 0 Å². The van der Waals surface area contributed by atoms with E-state index < -0.39 is 0 Å². The van der Waals surface area contributed by atoms with Crippen molar-refractivity contribution in [2.45, 2.75) is 32.1 Å². The van der Waals surface area contributed by atoms with Gasteiger partial charge in [0, 0.05) is 44.1 Å². The van der Waals surface area contributed by atoms with Crippen LogP contribution in [0, 0.1) is 5.41 Å². The summed E-state index contributed by atoms with van der Waals surface area (Å²) in [5, 5.41) is 3.59. The predicted molar refractivity (Wildman–Crippen MR) is 94.9 cm³/mol. The molecule has 0 radical (unpaired) electrons. The Kier molecular flexibility index (Phi) is 4.62. The van der Waals surface area contributed by atoms with Crippen LogP contribution >= 0.6 is 0 Å². The van der Waals surface area contributed by atoms with Crippen LogP contribution in [0.4, 0.5) is 0 Å². The largest absolute Gasteiger partial charge is 0.381 e. The van der Waals surface area contributed by atoms with Gasteiger partial charge in [-0.25, -0.2) is 0 Å². The zero-order chi connectivity index (χ0) is 16.3. The molecule has 1 spiro atoms. The summed E-state index contributed by atoms with van der Waals surface area (Å²) in [5.74, 6) is 1.03. The molecule has 2 fully saturated rings. The molecule has 1 atom stereocenters. The van der Waals surface area contributed by atoms with Gasteiger partial charge in [-0.1, -0.05) is 44.2 Å². The number of nitrogens with one attached hydrogen (secondary N) is 1. The number of ether oxygens (including phenoxy) is 1. The Balaban J connectivity index is 1.60. The average Bonchev–Trinajstić information content (AvgIpc) is 3.19. The van der Waals surface area contributed by atoms with Crippen molar-refractivity contribution < 1.29 is 4.74 Å². The van der Waals surface area contributed by atoms with E-state index in [0.29, 0.717) is 5.41 Å². The molecule has 1 unspecified atom stereocenters. The molecule has 2 saturated heterocycles. The number of guanidine groups is 1. The minimum Gasteiger partial charge on any atom is -0.381 e. The lowest BCUT2D eigenvalue weighted by molar-refractivity contribution is 0.156. The van der Waals surface area contributed by atoms with Crippen LogP contribution in [0.1, 0.15) is 32.3 Å². The van der Waals surface area contributed by atoms with Crippen molar-refractivity contribution in [1.82, 2.24) is 10.2 Å². The highest BCUT2D eigenvalue weighted by Crippen LogP contribution is 2.38. The number of nitrogens with zero attached hydrogens (tertiary/aromatic N) is 2. The molecule has 23 heavy (non-hydrogen) atoms. The molecule has 2 heterocycles. The van der Waals surface area contributed by atoms with Gasteiger partial charge in [0.2, 0.25) is 0 Å². The molecular weight excluding hydrogens is 286 g/mol. The van der Waals surface area contributed by atoms with Crippen molar-refractivity contribution in [3.8, 4) is 0 Å². The van der Waals surface area contributed by atoms with Gasteiger partial charge in [0.05, 0.1) is 6.61 Å². The fraction of sp³-hybridized carbons (Fsp3) is 0.632. The molecule has 4 nitrogen and oxygen atoms in total. The number of rotatable bonds is 3. The van der Waals surface area contributed by atoms with E-state index in [1.807, 2.05) is 7.05 Å². The van der Waals surface area contributed by atoms with E-state index in [1.54, 1.807) is 0 Å². The third-order valence-corrected chi connectivity index (χ3v) is 5.38. The summed E-state index contributed by atoms with van der Waals surface area (Å²) >= 11 is 0. The standard InChI is InChI=1S/C19H29N3O/c1-18(2,16-7-5-4-6-8-16)13-21-17(20-3)22-11-9-19(14-22)10-12-23-15-19/h4-8H,9-15H2,1-3H3,(H,20,21). The van der Waals surface area contributed by atoms with Crippen LogP contribution in [0.5, 0.6) is 0 Å². The summed E-state index contributed by atoms with van der Waals surface area (Å²) in [4.78, 5) is 6.91. The van der Waals surface area contributed by atoms with Gasteiger partial charge < -0.3 is 15.0 Å². The first-order chi connectivity index (χ1) is 11.0. The smallest absolute Gasteiger partial charge is 0.193 e. The van der Waals surface area contributed by atoms with Crippen LogP contribution in [0.2, 0.25) is 0 Å². The second kappa shape index (κ2) is 6.52. The van der Waals surface area contributed by atoms with E-state index in [-0.39, 0.29) is 5.41 Å². The molecular formula is C19H29N3O. The molecule has 126 valence electrons. The molecule has 0 bridgehead atoms. The predicted octanol–water partition coefficient (Wildman–Crippen LogP) is 2.65. The number of hydrogen-bond donors (Lipinski definition) is 1.